The first kappa shape index (κ1) is 28.3. The van der Waals surface area contributed by atoms with Gasteiger partial charge in [-0.05, 0) is 25.7 Å². The van der Waals surface area contributed by atoms with Crippen molar-refractivity contribution in [3.05, 3.63) is 11.4 Å². The first-order valence-corrected chi connectivity index (χ1v) is 16.5. The van der Waals surface area contributed by atoms with Gasteiger partial charge >= 0.3 is 18.1 Å². The fourth-order valence-corrected chi connectivity index (χ4v) is 5.38. The monoisotopic (exact) mass is 695 g/mol. The lowest BCUT2D eigenvalue weighted by Crippen LogP contribution is -2.52. The predicted octanol–water partition coefficient (Wildman–Crippen LogP) is 5.30. The van der Waals surface area contributed by atoms with Gasteiger partial charge in [0.15, 0.2) is 0 Å². The van der Waals surface area contributed by atoms with Crippen LogP contribution in [-0.2, 0) is 4.79 Å². The second kappa shape index (κ2) is 11.2. The zero-order chi connectivity index (χ0) is 24.3. The van der Waals surface area contributed by atoms with Crippen LogP contribution in [0.1, 0.15) is 51.4 Å². The molecule has 4 bridgehead atoms. The number of ketones is 1. The van der Waals surface area contributed by atoms with Gasteiger partial charge in [-0.3, -0.25) is 19.4 Å². The average Bonchev–Trinajstić information content (AvgIpc) is 3.05. The summed E-state index contributed by atoms with van der Waals surface area (Å²) in [6.07, 6.45) is -4.64. The van der Waals surface area contributed by atoms with Crippen molar-refractivity contribution in [3.8, 4) is 0 Å². The number of piperidine rings is 2. The third-order valence-corrected chi connectivity index (χ3v) is 6.53. The van der Waals surface area contributed by atoms with E-state index in [0.29, 0.717) is 25.7 Å². The van der Waals surface area contributed by atoms with Crippen molar-refractivity contribution in [1.29, 1.82) is 0 Å². The highest BCUT2D eigenvalue weighted by Gasteiger charge is 2.54. The molecule has 0 spiro atoms. The third-order valence-electron chi connectivity index (χ3n) is 6.53. The number of hydrogen-bond acceptors (Lipinski definition) is 4. The Labute approximate surface area is 206 Å². The van der Waals surface area contributed by atoms with E-state index < -0.39 is 31.2 Å². The lowest BCUT2D eigenvalue weighted by molar-refractivity contribution is -0.162. The number of rotatable bonds is 2. The van der Waals surface area contributed by atoms with Crippen molar-refractivity contribution < 1.29 is 36.2 Å². The molecule has 4 aliphatic heterocycles. The quantitative estimate of drug-likeness (QED) is 0.242. The van der Waals surface area contributed by atoms with E-state index >= 15 is 0 Å². The number of aliphatic hydroxyl groups is 1. The summed E-state index contributed by atoms with van der Waals surface area (Å²) in [5.41, 5.74) is -1.44. The molecule has 4 heterocycles. The van der Waals surface area contributed by atoms with Gasteiger partial charge in [0.1, 0.15) is 5.78 Å². The molecule has 13 heteroatoms. The van der Waals surface area contributed by atoms with E-state index in [-0.39, 0.29) is 42.8 Å². The summed E-state index contributed by atoms with van der Waals surface area (Å²) >= 11 is 4.24. The van der Waals surface area contributed by atoms with Crippen molar-refractivity contribution >= 4 is 43.0 Å². The first-order valence-electron chi connectivity index (χ1n) is 10.2. The maximum absolute atomic E-state index is 12.3. The van der Waals surface area contributed by atoms with Gasteiger partial charge in [0.05, 0.1) is 25.9 Å². The number of carbonyl (C=O) groups excluding carboxylic acids is 1. The average molecular weight is 695 g/mol. The molecule has 0 aliphatic carbocycles. The molecule has 0 aromatic rings. The number of alkyl halides is 6. The smallest absolute Gasteiger partial charge is 0.324 e. The van der Waals surface area contributed by atoms with Crippen molar-refractivity contribution in [2.24, 2.45) is 0 Å². The van der Waals surface area contributed by atoms with Gasteiger partial charge in [-0.15, -0.1) is 0 Å². The zero-order valence-electron chi connectivity index (χ0n) is 17.1. The molecule has 4 atom stereocenters. The van der Waals surface area contributed by atoms with E-state index in [2.05, 4.69) is 42.1 Å². The van der Waals surface area contributed by atoms with Crippen LogP contribution in [0.25, 0.3) is 4.85 Å². The van der Waals surface area contributed by atoms with E-state index in [0.717, 1.165) is 12.8 Å². The molecule has 4 fully saturated rings. The number of fused-ring (bicyclic) bond motifs is 4. The number of hydrogen-bond donors (Lipinski definition) is 1. The molecule has 5 nitrogen and oxygen atoms in total. The summed E-state index contributed by atoms with van der Waals surface area (Å²) in [7, 11) is 0. The van der Waals surface area contributed by atoms with Gasteiger partial charge in [0.2, 0.25) is 0 Å². The third kappa shape index (κ3) is 7.81. The van der Waals surface area contributed by atoms with E-state index in [1.807, 2.05) is 0 Å². The van der Waals surface area contributed by atoms with Gasteiger partial charge in [-0.25, -0.2) is 6.57 Å². The Bertz CT molecular complexity index is 670. The maximum Gasteiger partial charge on any atom is 0.401 e. The van der Waals surface area contributed by atoms with Gasteiger partial charge in [0.25, 0.3) is 0 Å². The van der Waals surface area contributed by atoms with E-state index in [9.17, 15) is 36.2 Å². The summed E-state index contributed by atoms with van der Waals surface area (Å²) in [5.74, 6) is 0.121. The fourth-order valence-electron chi connectivity index (χ4n) is 5.38. The minimum Gasteiger partial charge on any atom is -0.324 e. The van der Waals surface area contributed by atoms with Gasteiger partial charge in [0, 0.05) is 74.2 Å². The number of nitrogens with zero attached hydrogens (tertiary/aromatic N) is 3. The molecule has 0 radical (unpaired) electrons. The van der Waals surface area contributed by atoms with Crippen molar-refractivity contribution in [2.45, 2.75) is 93.6 Å². The molecule has 4 saturated heterocycles. The van der Waals surface area contributed by atoms with Crippen molar-refractivity contribution in [1.82, 2.24) is 9.80 Å². The second-order valence-electron chi connectivity index (χ2n) is 8.79. The van der Waals surface area contributed by atoms with Crippen LogP contribution in [0.2, 0.25) is 0 Å². The van der Waals surface area contributed by atoms with Crippen LogP contribution in [-0.4, -0.2) is 76.0 Å². The van der Waals surface area contributed by atoms with E-state index in [4.69, 9.17) is 6.57 Å². The molecule has 4 aliphatic rings. The predicted molar refractivity (Wildman–Crippen MR) is 122 cm³/mol. The summed E-state index contributed by atoms with van der Waals surface area (Å²) in [6.45, 7) is 5.11. The first-order chi connectivity index (χ1) is 14.8. The van der Waals surface area contributed by atoms with Crippen molar-refractivity contribution in [2.75, 3.05) is 13.1 Å². The Balaban J connectivity index is 0.000000212. The summed E-state index contributed by atoms with van der Waals surface area (Å²) in [6, 6.07) is -0.885. The van der Waals surface area contributed by atoms with Crippen LogP contribution in [0.4, 0.5) is 26.3 Å². The molecule has 32 heavy (non-hydrogen) atoms. The molecule has 184 valence electrons. The highest BCUT2D eigenvalue weighted by molar-refractivity contribution is 15.0. The molecule has 0 amide bonds. The number of carbonyl (C=O) groups is 1. The van der Waals surface area contributed by atoms with Gasteiger partial charge in [-0.1, -0.05) is 0 Å². The Morgan fingerprint density at radius 3 is 1.56 bits per heavy atom. The normalized spacial score (nSPS) is 34.8. The van der Waals surface area contributed by atoms with E-state index in [1.165, 1.54) is 9.80 Å². The number of Topliss-reactive ketones (excluding diaryl/α,β-unsaturated/α-hetero) is 1. The lowest BCUT2D eigenvalue weighted by Gasteiger charge is -2.37. The second-order valence-corrected chi connectivity index (χ2v) is 8.79. The minimum absolute atomic E-state index is 0.121. The summed E-state index contributed by atoms with van der Waals surface area (Å²) in [4.78, 5) is 17.1. The van der Waals surface area contributed by atoms with Crippen LogP contribution < -0.4 is 0 Å². The number of halogens is 8. The van der Waals surface area contributed by atoms with E-state index in [1.54, 1.807) is 0 Å². The molecule has 1 N–H and O–H groups in total. The standard InChI is InChI=1S/C10H13F3N2O.C9H12F3NO.I2/c1-14-9(16)4-7-2-3-8(5-9)15(7)6-10(11,12)13;10-9(11,12)5-13-6-1-2-7(13)4-8(14)3-6;1-2/h7-8,16H,2-6H2;6-7H,1-5H2;. The largest absolute Gasteiger partial charge is 0.401 e. The Morgan fingerprint density at radius 2 is 1.22 bits per heavy atom. The molecule has 4 rings (SSSR count). The minimum atomic E-state index is -4.20. The van der Waals surface area contributed by atoms with Crippen LogP contribution in [0.5, 0.6) is 0 Å². The lowest BCUT2D eigenvalue weighted by atomic mass is 9.94. The Kier molecular flexibility index (Phi) is 9.92. The van der Waals surface area contributed by atoms with Crippen LogP contribution in [0, 0.1) is 6.57 Å². The Hall–Kier alpha value is 0.0800. The molecule has 0 aromatic heterocycles. The molecule has 0 saturated carbocycles. The van der Waals surface area contributed by atoms with Crippen LogP contribution in [0.3, 0.4) is 0 Å². The molecular weight excluding hydrogens is 670 g/mol. The molecule has 0 aromatic carbocycles. The maximum atomic E-state index is 12.3. The van der Waals surface area contributed by atoms with Gasteiger partial charge < -0.3 is 5.11 Å². The van der Waals surface area contributed by atoms with Crippen LogP contribution >= 0.6 is 37.2 Å². The fraction of sp³-hybridized carbons (Fsp3) is 0.895. The molecule has 4 unspecified atom stereocenters. The zero-order valence-corrected chi connectivity index (χ0v) is 21.4. The van der Waals surface area contributed by atoms with Gasteiger partial charge in [-0.2, -0.15) is 26.3 Å². The van der Waals surface area contributed by atoms with Crippen molar-refractivity contribution in [3.63, 3.8) is 0 Å². The highest BCUT2D eigenvalue weighted by Crippen LogP contribution is 2.42. The SMILES string of the molecule is II.O=C1CC2CCC(C1)N2CC(F)(F)F.[C-]#[N+]C1(O)CC2CCC(C1)N2CC(F)(F)F. The highest BCUT2D eigenvalue weighted by atomic mass is 128. The Morgan fingerprint density at radius 1 is 0.875 bits per heavy atom. The van der Waals surface area contributed by atoms with Crippen LogP contribution in [0.15, 0.2) is 0 Å². The topological polar surface area (TPSA) is 48.1 Å². The summed E-state index contributed by atoms with van der Waals surface area (Å²) < 4.78 is 73.5. The molecular formula is C19H25F6I2N3O2. The summed E-state index contributed by atoms with van der Waals surface area (Å²) in [5, 5.41) is 9.81.